The van der Waals surface area contributed by atoms with Crippen molar-refractivity contribution in [2.75, 3.05) is 14.2 Å². The van der Waals surface area contributed by atoms with Crippen molar-refractivity contribution >= 4 is 17.1 Å². The molecule has 0 aliphatic rings. The van der Waals surface area contributed by atoms with Gasteiger partial charge in [-0.05, 0) is 17.0 Å². The van der Waals surface area contributed by atoms with Crippen LogP contribution in [0.25, 0.3) is 0 Å². The molecule has 1 aromatic carbocycles. The van der Waals surface area contributed by atoms with Gasteiger partial charge in [0.25, 0.3) is 0 Å². The number of hydrogen-bond acceptors (Lipinski definition) is 4. The van der Waals surface area contributed by atoms with Crippen molar-refractivity contribution in [3.63, 3.8) is 0 Å². The van der Waals surface area contributed by atoms with Crippen molar-refractivity contribution in [2.24, 2.45) is 0 Å². The molecule has 0 saturated heterocycles. The molecule has 110 valence electrons. The maximum absolute atomic E-state index is 12.1. The molecular weight excluding hydrogens is 284 g/mol. The van der Waals surface area contributed by atoms with Gasteiger partial charge >= 0.3 is 0 Å². The maximum atomic E-state index is 12.1. The Kier molecular flexibility index (Phi) is 5.72. The zero-order valence-corrected chi connectivity index (χ0v) is 12.9. The molecule has 0 fully saturated rings. The van der Waals surface area contributed by atoms with E-state index in [1.54, 1.807) is 20.3 Å². The van der Waals surface area contributed by atoms with Gasteiger partial charge in [0.05, 0.1) is 18.1 Å². The molecule has 21 heavy (non-hydrogen) atoms. The number of hydrogen-bond donors (Lipinski definition) is 0. The van der Waals surface area contributed by atoms with Gasteiger partial charge in [-0.25, -0.2) is 0 Å². The van der Waals surface area contributed by atoms with Crippen LogP contribution < -0.4 is 0 Å². The Balaban J connectivity index is 2.12. The third-order valence-electron chi connectivity index (χ3n) is 3.16. The van der Waals surface area contributed by atoms with E-state index in [4.69, 9.17) is 9.47 Å². The van der Waals surface area contributed by atoms with E-state index in [9.17, 15) is 4.79 Å². The van der Waals surface area contributed by atoms with Crippen molar-refractivity contribution in [3.8, 4) is 0 Å². The van der Waals surface area contributed by atoms with Crippen LogP contribution in [-0.4, -0.2) is 20.0 Å². The van der Waals surface area contributed by atoms with Crippen LogP contribution in [0.3, 0.4) is 0 Å². The first-order valence-electron chi connectivity index (χ1n) is 6.64. The number of carbonyl (C=O) groups is 1. The molecule has 0 aliphatic heterocycles. The smallest absolute Gasteiger partial charge is 0.199 e. The molecule has 0 spiro atoms. The van der Waals surface area contributed by atoms with Gasteiger partial charge in [-0.2, -0.15) is 0 Å². The molecule has 1 aromatic heterocycles. The summed E-state index contributed by atoms with van der Waals surface area (Å²) >= 11 is 1.42. The zero-order valence-electron chi connectivity index (χ0n) is 12.1. The summed E-state index contributed by atoms with van der Waals surface area (Å²) in [6.45, 7) is 0. The molecular formula is C17H18O3S. The van der Waals surface area contributed by atoms with Gasteiger partial charge in [-0.3, -0.25) is 4.79 Å². The average Bonchev–Trinajstić information content (AvgIpc) is 3.06. The molecule has 0 radical (unpaired) electrons. The lowest BCUT2D eigenvalue weighted by Gasteiger charge is -2.17. The van der Waals surface area contributed by atoms with Crippen molar-refractivity contribution < 1.29 is 14.3 Å². The first-order chi connectivity index (χ1) is 10.2. The number of ketones is 1. The zero-order chi connectivity index (χ0) is 15.1. The van der Waals surface area contributed by atoms with Crippen LogP contribution in [-0.2, 0) is 9.47 Å². The first kappa shape index (κ1) is 15.5. The molecule has 0 aliphatic carbocycles. The second-order valence-electron chi connectivity index (χ2n) is 4.50. The average molecular weight is 302 g/mol. The number of methoxy groups -OCH3 is 2. The van der Waals surface area contributed by atoms with Crippen LogP contribution in [0.4, 0.5) is 0 Å². The van der Waals surface area contributed by atoms with Crippen molar-refractivity contribution in [1.82, 2.24) is 0 Å². The first-order valence-corrected chi connectivity index (χ1v) is 7.52. The molecule has 0 amide bonds. The van der Waals surface area contributed by atoms with Crippen LogP contribution in [0.2, 0.25) is 0 Å². The number of allylic oxidation sites excluding steroid dienone is 1. The summed E-state index contributed by atoms with van der Waals surface area (Å²) in [5.41, 5.74) is 1.06. The molecule has 1 unspecified atom stereocenters. The minimum atomic E-state index is -0.131. The number of carbonyl (C=O) groups excluding carboxylic acids is 1. The highest BCUT2D eigenvalue weighted by molar-refractivity contribution is 7.12. The van der Waals surface area contributed by atoms with E-state index in [-0.39, 0.29) is 11.9 Å². The summed E-state index contributed by atoms with van der Waals surface area (Å²) < 4.78 is 10.8. The Hall–Kier alpha value is -1.91. The molecule has 1 heterocycles. The van der Waals surface area contributed by atoms with Crippen molar-refractivity contribution in [3.05, 3.63) is 70.1 Å². The van der Waals surface area contributed by atoms with Crippen LogP contribution in [0.5, 0.6) is 0 Å². The number of ether oxygens (including phenoxy) is 2. The van der Waals surface area contributed by atoms with E-state index in [1.807, 2.05) is 47.8 Å². The van der Waals surface area contributed by atoms with E-state index in [0.717, 1.165) is 5.56 Å². The second-order valence-corrected chi connectivity index (χ2v) is 5.44. The van der Waals surface area contributed by atoms with Gasteiger partial charge in [0.15, 0.2) is 5.78 Å². The third-order valence-corrected chi connectivity index (χ3v) is 4.05. The fourth-order valence-corrected chi connectivity index (χ4v) is 2.66. The molecule has 1 atom stereocenters. The van der Waals surface area contributed by atoms with E-state index in [1.165, 1.54) is 11.3 Å². The summed E-state index contributed by atoms with van der Waals surface area (Å²) in [5.74, 6) is 0.578. The Bertz CT molecular complexity index is 588. The summed E-state index contributed by atoms with van der Waals surface area (Å²) in [4.78, 5) is 12.8. The van der Waals surface area contributed by atoms with Crippen LogP contribution in [0, 0.1) is 0 Å². The van der Waals surface area contributed by atoms with Gasteiger partial charge in [-0.15, -0.1) is 11.3 Å². The van der Waals surface area contributed by atoms with E-state index >= 15 is 0 Å². The molecule has 3 nitrogen and oxygen atoms in total. The topological polar surface area (TPSA) is 35.5 Å². The van der Waals surface area contributed by atoms with Gasteiger partial charge in [0, 0.05) is 19.6 Å². The molecule has 0 N–H and O–H groups in total. The van der Waals surface area contributed by atoms with Crippen LogP contribution >= 0.6 is 11.3 Å². The lowest BCUT2D eigenvalue weighted by atomic mass is 10.0. The van der Waals surface area contributed by atoms with E-state index < -0.39 is 0 Å². The number of thiophene rings is 1. The van der Waals surface area contributed by atoms with Gasteiger partial charge in [-0.1, -0.05) is 36.4 Å². The SMILES string of the molecule is CO/C(=C/C(=O)c1cccs1)CC(OC)c1ccccc1. The molecule has 0 bridgehead atoms. The number of rotatable bonds is 7. The minimum absolute atomic E-state index is 0.0373. The van der Waals surface area contributed by atoms with Gasteiger partial charge in [0.2, 0.25) is 0 Å². The third kappa shape index (κ3) is 4.28. The molecule has 2 aromatic rings. The Morgan fingerprint density at radius 2 is 1.95 bits per heavy atom. The van der Waals surface area contributed by atoms with E-state index in [2.05, 4.69) is 0 Å². The van der Waals surface area contributed by atoms with E-state index in [0.29, 0.717) is 17.1 Å². The predicted octanol–water partition coefficient (Wildman–Crippen LogP) is 4.24. The second kappa shape index (κ2) is 7.76. The molecule has 0 saturated carbocycles. The number of benzene rings is 1. The quantitative estimate of drug-likeness (QED) is 0.436. The Morgan fingerprint density at radius 1 is 1.19 bits per heavy atom. The highest BCUT2D eigenvalue weighted by atomic mass is 32.1. The standard InChI is InChI=1S/C17H18O3S/c1-19-14(11-15(18)17-9-6-10-21-17)12-16(20-2)13-7-4-3-5-8-13/h3-11,16H,12H2,1-2H3/b14-11+. The fourth-order valence-electron chi connectivity index (χ4n) is 2.02. The maximum Gasteiger partial charge on any atom is 0.199 e. The highest BCUT2D eigenvalue weighted by Gasteiger charge is 2.15. The van der Waals surface area contributed by atoms with Gasteiger partial charge in [0.1, 0.15) is 5.76 Å². The highest BCUT2D eigenvalue weighted by Crippen LogP contribution is 2.25. The largest absolute Gasteiger partial charge is 0.501 e. The Labute approximate surface area is 128 Å². The van der Waals surface area contributed by atoms with Crippen molar-refractivity contribution in [2.45, 2.75) is 12.5 Å². The van der Waals surface area contributed by atoms with Crippen molar-refractivity contribution in [1.29, 1.82) is 0 Å². The molecule has 2 rings (SSSR count). The van der Waals surface area contributed by atoms with Gasteiger partial charge < -0.3 is 9.47 Å². The summed E-state index contributed by atoms with van der Waals surface area (Å²) in [6.07, 6.45) is 1.93. The normalized spacial score (nSPS) is 13.0. The molecule has 4 heteroatoms. The lowest BCUT2D eigenvalue weighted by Crippen LogP contribution is -2.05. The summed E-state index contributed by atoms with van der Waals surface area (Å²) in [5, 5.41) is 1.88. The monoisotopic (exact) mass is 302 g/mol. The predicted molar refractivity (Wildman–Crippen MR) is 84.6 cm³/mol. The summed E-state index contributed by atoms with van der Waals surface area (Å²) in [7, 11) is 3.23. The lowest BCUT2D eigenvalue weighted by molar-refractivity contribution is 0.0872. The van der Waals surface area contributed by atoms with Crippen LogP contribution in [0.15, 0.2) is 59.7 Å². The minimum Gasteiger partial charge on any atom is -0.501 e. The summed E-state index contributed by atoms with van der Waals surface area (Å²) in [6, 6.07) is 13.6. The Morgan fingerprint density at radius 3 is 2.52 bits per heavy atom. The van der Waals surface area contributed by atoms with Crippen LogP contribution in [0.1, 0.15) is 27.8 Å². The fraction of sp³-hybridized carbons (Fsp3) is 0.235.